The van der Waals surface area contributed by atoms with Crippen molar-refractivity contribution >= 4 is 16.7 Å². The minimum atomic E-state index is 0.637. The monoisotopic (exact) mass is 210 g/mol. The van der Waals surface area contributed by atoms with Crippen LogP contribution in [0.25, 0.3) is 22.4 Å². The second-order valence-electron chi connectivity index (χ2n) is 3.61. The molecule has 0 bridgehead atoms. The number of nitrogens with one attached hydrogen (secondary N) is 1. The van der Waals surface area contributed by atoms with Crippen molar-refractivity contribution in [3.63, 3.8) is 0 Å². The molecular formula is C12H10N4. The zero-order valence-electron chi connectivity index (χ0n) is 8.51. The molecule has 4 heteroatoms. The summed E-state index contributed by atoms with van der Waals surface area (Å²) in [6.45, 7) is 0. The largest absolute Gasteiger partial charge is 0.397 e. The summed E-state index contributed by atoms with van der Waals surface area (Å²) < 4.78 is 0. The van der Waals surface area contributed by atoms with E-state index in [1.807, 2.05) is 30.3 Å². The van der Waals surface area contributed by atoms with Crippen LogP contribution in [0.3, 0.4) is 0 Å². The Labute approximate surface area is 92.2 Å². The first-order valence-electron chi connectivity index (χ1n) is 4.98. The Bertz CT molecular complexity index is 609. The second kappa shape index (κ2) is 3.34. The summed E-state index contributed by atoms with van der Waals surface area (Å²) in [4.78, 5) is 11.8. The molecule has 3 rings (SSSR count). The number of aromatic amines is 1. The molecule has 78 valence electrons. The third-order valence-electron chi connectivity index (χ3n) is 2.42. The smallest absolute Gasteiger partial charge is 0.140 e. The number of hydrogen-bond acceptors (Lipinski definition) is 3. The van der Waals surface area contributed by atoms with Gasteiger partial charge in [0.2, 0.25) is 0 Å². The Morgan fingerprint density at radius 1 is 1.12 bits per heavy atom. The lowest BCUT2D eigenvalue weighted by Crippen LogP contribution is -1.88. The second-order valence-corrected chi connectivity index (χ2v) is 3.61. The average Bonchev–Trinajstić information content (AvgIpc) is 2.72. The van der Waals surface area contributed by atoms with Gasteiger partial charge in [-0.25, -0.2) is 4.98 Å². The van der Waals surface area contributed by atoms with Gasteiger partial charge in [0, 0.05) is 18.0 Å². The van der Waals surface area contributed by atoms with Gasteiger partial charge in [0.05, 0.1) is 16.7 Å². The number of benzene rings is 1. The van der Waals surface area contributed by atoms with Gasteiger partial charge in [-0.1, -0.05) is 12.1 Å². The molecule has 3 N–H and O–H groups in total. The number of nitrogens with two attached hydrogens (primary N) is 1. The molecule has 0 spiro atoms. The summed E-state index contributed by atoms with van der Waals surface area (Å²) in [5.74, 6) is 0.793. The lowest BCUT2D eigenvalue weighted by molar-refractivity contribution is 1.28. The van der Waals surface area contributed by atoms with Crippen molar-refractivity contribution < 1.29 is 0 Å². The van der Waals surface area contributed by atoms with Crippen LogP contribution in [0, 0.1) is 0 Å². The van der Waals surface area contributed by atoms with Crippen LogP contribution in [0.2, 0.25) is 0 Å². The van der Waals surface area contributed by atoms with Gasteiger partial charge in [-0.3, -0.25) is 4.98 Å². The number of imidazole rings is 1. The van der Waals surface area contributed by atoms with Crippen LogP contribution in [0.15, 0.2) is 42.7 Å². The fourth-order valence-electron chi connectivity index (χ4n) is 1.68. The summed E-state index contributed by atoms with van der Waals surface area (Å²) >= 11 is 0. The van der Waals surface area contributed by atoms with Crippen LogP contribution in [0.5, 0.6) is 0 Å². The number of anilines is 1. The molecule has 3 aromatic rings. The molecule has 2 heterocycles. The first-order chi connectivity index (χ1) is 7.83. The molecule has 0 aliphatic rings. The van der Waals surface area contributed by atoms with E-state index in [1.165, 1.54) is 0 Å². The molecule has 0 aliphatic carbocycles. The molecule has 16 heavy (non-hydrogen) atoms. The van der Waals surface area contributed by atoms with Gasteiger partial charge >= 0.3 is 0 Å². The third kappa shape index (κ3) is 1.40. The molecule has 0 aliphatic heterocycles. The van der Waals surface area contributed by atoms with Crippen LogP contribution in [0.4, 0.5) is 5.69 Å². The zero-order valence-corrected chi connectivity index (χ0v) is 8.51. The first-order valence-corrected chi connectivity index (χ1v) is 4.98. The molecular weight excluding hydrogens is 200 g/mol. The maximum atomic E-state index is 5.69. The highest BCUT2D eigenvalue weighted by atomic mass is 14.9. The summed E-state index contributed by atoms with van der Waals surface area (Å²) in [7, 11) is 0. The van der Waals surface area contributed by atoms with E-state index in [-0.39, 0.29) is 0 Å². The minimum absolute atomic E-state index is 0.637. The van der Waals surface area contributed by atoms with Crippen molar-refractivity contribution in [2.75, 3.05) is 5.73 Å². The van der Waals surface area contributed by atoms with Gasteiger partial charge in [0.1, 0.15) is 5.82 Å². The maximum absolute atomic E-state index is 5.69. The molecule has 0 amide bonds. The first kappa shape index (κ1) is 8.91. The zero-order chi connectivity index (χ0) is 11.0. The van der Waals surface area contributed by atoms with E-state index in [0.717, 1.165) is 22.4 Å². The molecule has 1 aromatic carbocycles. The normalized spacial score (nSPS) is 10.8. The van der Waals surface area contributed by atoms with E-state index in [9.17, 15) is 0 Å². The number of nitrogen functional groups attached to an aromatic ring is 1. The number of pyridine rings is 1. The predicted octanol–water partition coefficient (Wildman–Crippen LogP) is 2.21. The maximum Gasteiger partial charge on any atom is 0.140 e. The molecule has 0 radical (unpaired) electrons. The topological polar surface area (TPSA) is 67.6 Å². The Kier molecular flexibility index (Phi) is 1.86. The highest BCUT2D eigenvalue weighted by molar-refractivity contribution is 5.79. The van der Waals surface area contributed by atoms with E-state index >= 15 is 0 Å². The van der Waals surface area contributed by atoms with Crippen molar-refractivity contribution in [1.82, 2.24) is 15.0 Å². The standard InChI is InChI=1S/C12H10N4/c13-9-5-8(6-14-7-9)12-15-10-3-1-2-4-11(10)16-12/h1-7H,13H2,(H,15,16). The Morgan fingerprint density at radius 3 is 2.81 bits per heavy atom. The highest BCUT2D eigenvalue weighted by Crippen LogP contribution is 2.20. The van der Waals surface area contributed by atoms with Gasteiger partial charge in [-0.05, 0) is 18.2 Å². The lowest BCUT2D eigenvalue weighted by Gasteiger charge is -1.96. The predicted molar refractivity (Wildman–Crippen MR) is 63.7 cm³/mol. The van der Waals surface area contributed by atoms with Gasteiger partial charge in [-0.15, -0.1) is 0 Å². The Morgan fingerprint density at radius 2 is 2.00 bits per heavy atom. The quantitative estimate of drug-likeness (QED) is 0.647. The Balaban J connectivity index is 2.19. The van der Waals surface area contributed by atoms with Crippen molar-refractivity contribution in [3.8, 4) is 11.4 Å². The van der Waals surface area contributed by atoms with Crippen molar-refractivity contribution in [2.45, 2.75) is 0 Å². The van der Waals surface area contributed by atoms with Gasteiger partial charge < -0.3 is 10.7 Å². The fraction of sp³-hybridized carbons (Fsp3) is 0. The number of rotatable bonds is 1. The van der Waals surface area contributed by atoms with E-state index in [2.05, 4.69) is 15.0 Å². The van der Waals surface area contributed by atoms with E-state index in [0.29, 0.717) is 5.69 Å². The van der Waals surface area contributed by atoms with Gasteiger partial charge in [0.15, 0.2) is 0 Å². The number of aromatic nitrogens is 3. The van der Waals surface area contributed by atoms with Crippen LogP contribution >= 0.6 is 0 Å². The van der Waals surface area contributed by atoms with Crippen molar-refractivity contribution in [2.24, 2.45) is 0 Å². The lowest BCUT2D eigenvalue weighted by atomic mass is 10.2. The summed E-state index contributed by atoms with van der Waals surface area (Å²) in [5, 5.41) is 0. The number of nitrogens with zero attached hydrogens (tertiary/aromatic N) is 2. The van der Waals surface area contributed by atoms with Crippen LogP contribution in [-0.4, -0.2) is 15.0 Å². The Hall–Kier alpha value is -2.36. The van der Waals surface area contributed by atoms with Crippen LogP contribution in [0.1, 0.15) is 0 Å². The van der Waals surface area contributed by atoms with Crippen molar-refractivity contribution in [3.05, 3.63) is 42.7 Å². The molecule has 0 fully saturated rings. The number of H-pyrrole nitrogens is 1. The third-order valence-corrected chi connectivity index (χ3v) is 2.42. The minimum Gasteiger partial charge on any atom is -0.397 e. The molecule has 0 saturated carbocycles. The fourth-order valence-corrected chi connectivity index (χ4v) is 1.68. The number of fused-ring (bicyclic) bond motifs is 1. The average molecular weight is 210 g/mol. The number of hydrogen-bond donors (Lipinski definition) is 2. The van der Waals surface area contributed by atoms with Crippen molar-refractivity contribution in [1.29, 1.82) is 0 Å². The van der Waals surface area contributed by atoms with Crippen LogP contribution < -0.4 is 5.73 Å². The van der Waals surface area contributed by atoms with E-state index in [1.54, 1.807) is 12.4 Å². The molecule has 0 atom stereocenters. The molecule has 0 saturated heterocycles. The highest BCUT2D eigenvalue weighted by Gasteiger charge is 2.04. The van der Waals surface area contributed by atoms with E-state index in [4.69, 9.17) is 5.73 Å². The number of para-hydroxylation sites is 2. The van der Waals surface area contributed by atoms with Crippen LogP contribution in [-0.2, 0) is 0 Å². The molecule has 4 nitrogen and oxygen atoms in total. The summed E-state index contributed by atoms with van der Waals surface area (Å²) in [6.07, 6.45) is 3.36. The molecule has 0 unspecified atom stereocenters. The van der Waals surface area contributed by atoms with Gasteiger partial charge in [0.25, 0.3) is 0 Å². The van der Waals surface area contributed by atoms with E-state index < -0.39 is 0 Å². The summed E-state index contributed by atoms with van der Waals surface area (Å²) in [6, 6.07) is 9.75. The molecule has 2 aromatic heterocycles. The summed E-state index contributed by atoms with van der Waals surface area (Å²) in [5.41, 5.74) is 9.18. The van der Waals surface area contributed by atoms with Gasteiger partial charge in [-0.2, -0.15) is 0 Å². The SMILES string of the molecule is Nc1cncc(-c2nc3ccccc3[nH]2)c1.